The number of aryl methyl sites for hydroxylation is 1. The molecule has 0 aliphatic rings. The molecule has 156 valence electrons. The summed E-state index contributed by atoms with van der Waals surface area (Å²) in [5.41, 5.74) is 4.28. The molecule has 8 heteroatoms. The molecule has 2 N–H and O–H groups in total. The van der Waals surface area contributed by atoms with Crippen LogP contribution in [0.2, 0.25) is 0 Å². The second-order valence-corrected chi connectivity index (χ2v) is 7.34. The Morgan fingerprint density at radius 2 is 2.00 bits per heavy atom. The zero-order valence-electron chi connectivity index (χ0n) is 16.7. The van der Waals surface area contributed by atoms with E-state index in [-0.39, 0.29) is 29.8 Å². The Hall–Kier alpha value is -1.81. The van der Waals surface area contributed by atoms with Crippen LogP contribution < -0.4 is 10.6 Å². The molecule has 0 atom stereocenters. The van der Waals surface area contributed by atoms with Crippen LogP contribution in [0.3, 0.4) is 0 Å². The molecule has 0 unspecified atom stereocenters. The molecule has 3 rings (SSSR count). The van der Waals surface area contributed by atoms with E-state index in [0.717, 1.165) is 53.4 Å². The lowest BCUT2D eigenvalue weighted by atomic mass is 10.1. The second-order valence-electron chi connectivity index (χ2n) is 6.48. The normalized spacial score (nSPS) is 11.3. The highest BCUT2D eigenvalue weighted by molar-refractivity contribution is 14.0. The van der Waals surface area contributed by atoms with Gasteiger partial charge in [0.05, 0.1) is 17.4 Å². The number of rotatable bonds is 8. The first-order chi connectivity index (χ1) is 13.7. The van der Waals surface area contributed by atoms with E-state index in [4.69, 9.17) is 0 Å². The fourth-order valence-electron chi connectivity index (χ4n) is 3.10. The predicted molar refractivity (Wildman–Crippen MR) is 132 cm³/mol. The van der Waals surface area contributed by atoms with E-state index in [9.17, 15) is 4.39 Å². The topological polar surface area (TPSA) is 54.2 Å². The number of thioether (sulfide) groups is 1. The van der Waals surface area contributed by atoms with Crippen molar-refractivity contribution in [1.29, 1.82) is 0 Å². The first-order valence-electron chi connectivity index (χ1n) is 9.32. The van der Waals surface area contributed by atoms with Crippen molar-refractivity contribution in [3.63, 3.8) is 0 Å². The van der Waals surface area contributed by atoms with Crippen LogP contribution in [0.1, 0.15) is 17.5 Å². The molecule has 0 amide bonds. The molecule has 3 aromatic rings. The highest BCUT2D eigenvalue weighted by Gasteiger charge is 2.06. The Labute approximate surface area is 192 Å². The third kappa shape index (κ3) is 6.60. The van der Waals surface area contributed by atoms with Gasteiger partial charge in [-0.15, -0.1) is 24.0 Å². The summed E-state index contributed by atoms with van der Waals surface area (Å²) < 4.78 is 15.7. The van der Waals surface area contributed by atoms with Crippen LogP contribution in [-0.2, 0) is 18.8 Å². The summed E-state index contributed by atoms with van der Waals surface area (Å²) in [7, 11) is 1.76. The lowest BCUT2D eigenvalue weighted by Gasteiger charge is -2.14. The van der Waals surface area contributed by atoms with Crippen LogP contribution in [0.15, 0.2) is 53.8 Å². The summed E-state index contributed by atoms with van der Waals surface area (Å²) in [6.45, 7) is 2.30. The Kier molecular flexibility index (Phi) is 9.72. The maximum absolute atomic E-state index is 13.5. The van der Waals surface area contributed by atoms with Crippen LogP contribution in [0, 0.1) is 5.82 Å². The van der Waals surface area contributed by atoms with Gasteiger partial charge >= 0.3 is 0 Å². The zero-order valence-corrected chi connectivity index (χ0v) is 19.8. The van der Waals surface area contributed by atoms with Gasteiger partial charge in [-0.1, -0.05) is 18.2 Å². The molecule has 0 aliphatic heterocycles. The largest absolute Gasteiger partial charge is 0.356 e. The molecule has 0 saturated heterocycles. The number of hydrogen-bond donors (Lipinski definition) is 2. The second kappa shape index (κ2) is 12.0. The summed E-state index contributed by atoms with van der Waals surface area (Å²) in [6, 6.07) is 13.1. The van der Waals surface area contributed by atoms with Crippen molar-refractivity contribution < 1.29 is 4.39 Å². The summed E-state index contributed by atoms with van der Waals surface area (Å²) in [4.78, 5) is 8.70. The highest BCUT2D eigenvalue weighted by Crippen LogP contribution is 2.16. The van der Waals surface area contributed by atoms with E-state index < -0.39 is 0 Å². The first kappa shape index (κ1) is 23.5. The van der Waals surface area contributed by atoms with E-state index in [1.54, 1.807) is 24.9 Å². The molecule has 0 bridgehead atoms. The van der Waals surface area contributed by atoms with Crippen LogP contribution in [-0.4, -0.2) is 35.4 Å². The van der Waals surface area contributed by atoms with Crippen molar-refractivity contribution in [2.75, 3.05) is 19.8 Å². The summed E-state index contributed by atoms with van der Waals surface area (Å²) in [6.07, 6.45) is 4.86. The van der Waals surface area contributed by atoms with Crippen LogP contribution in [0.4, 0.5) is 4.39 Å². The van der Waals surface area contributed by atoms with Crippen molar-refractivity contribution >= 4 is 52.7 Å². The Morgan fingerprint density at radius 3 is 2.79 bits per heavy atom. The highest BCUT2D eigenvalue weighted by atomic mass is 127. The molecule has 0 fully saturated rings. The Bertz CT molecular complexity index is 944. The van der Waals surface area contributed by atoms with E-state index in [1.165, 1.54) is 6.07 Å². The smallest absolute Gasteiger partial charge is 0.191 e. The minimum absolute atomic E-state index is 0. The molecule has 0 radical (unpaired) electrons. The average Bonchev–Trinajstić information content (AvgIpc) is 3.12. The van der Waals surface area contributed by atoms with Crippen molar-refractivity contribution in [2.24, 2.45) is 4.99 Å². The number of benzene rings is 2. The number of nitrogens with zero attached hydrogens (tertiary/aromatic N) is 3. The molecule has 0 saturated carbocycles. The zero-order chi connectivity index (χ0) is 19.8. The van der Waals surface area contributed by atoms with Crippen molar-refractivity contribution in [2.45, 2.75) is 25.3 Å². The van der Waals surface area contributed by atoms with Crippen LogP contribution in [0.5, 0.6) is 0 Å². The van der Waals surface area contributed by atoms with Crippen molar-refractivity contribution in [3.8, 4) is 0 Å². The molecule has 0 aliphatic carbocycles. The quantitative estimate of drug-likeness (QED) is 0.197. The minimum atomic E-state index is -0.192. The maximum Gasteiger partial charge on any atom is 0.191 e. The lowest BCUT2D eigenvalue weighted by molar-refractivity contribution is 0.624. The molecule has 29 heavy (non-hydrogen) atoms. The predicted octanol–water partition coefficient (Wildman–Crippen LogP) is 4.41. The number of guanidine groups is 1. The van der Waals surface area contributed by atoms with Gasteiger partial charge in [-0.05, 0) is 48.1 Å². The SMILES string of the molecule is CN=C(NCCCn1cnc2ccccc21)NCc1ccc(F)cc1CSC.I. The summed E-state index contributed by atoms with van der Waals surface area (Å²) in [5.74, 6) is 1.34. The van der Waals surface area contributed by atoms with Gasteiger partial charge in [0, 0.05) is 32.4 Å². The average molecular weight is 527 g/mol. The third-order valence-electron chi connectivity index (χ3n) is 4.53. The third-order valence-corrected chi connectivity index (χ3v) is 5.13. The van der Waals surface area contributed by atoms with Gasteiger partial charge in [0.2, 0.25) is 0 Å². The number of halogens is 2. The molecular formula is C21H27FIN5S. The van der Waals surface area contributed by atoms with E-state index in [2.05, 4.69) is 31.2 Å². The Balaban J connectivity index is 0.00000300. The van der Waals surface area contributed by atoms with Gasteiger partial charge in [0.1, 0.15) is 5.82 Å². The van der Waals surface area contributed by atoms with Crippen LogP contribution in [0.25, 0.3) is 11.0 Å². The number of imidazole rings is 1. The van der Waals surface area contributed by atoms with Gasteiger partial charge in [0.15, 0.2) is 5.96 Å². The van der Waals surface area contributed by atoms with Crippen LogP contribution >= 0.6 is 35.7 Å². The molecule has 1 aromatic heterocycles. The Morgan fingerprint density at radius 1 is 1.17 bits per heavy atom. The van der Waals surface area contributed by atoms with E-state index in [0.29, 0.717) is 6.54 Å². The molecule has 5 nitrogen and oxygen atoms in total. The number of aromatic nitrogens is 2. The van der Waals surface area contributed by atoms with Crippen molar-refractivity contribution in [1.82, 2.24) is 20.2 Å². The van der Waals surface area contributed by atoms with E-state index >= 15 is 0 Å². The number of para-hydroxylation sites is 2. The van der Waals surface area contributed by atoms with Gasteiger partial charge in [-0.25, -0.2) is 9.37 Å². The number of fused-ring (bicyclic) bond motifs is 1. The fourth-order valence-corrected chi connectivity index (χ4v) is 3.68. The molecule has 0 spiro atoms. The van der Waals surface area contributed by atoms with Gasteiger partial charge in [0.25, 0.3) is 0 Å². The van der Waals surface area contributed by atoms with Crippen molar-refractivity contribution in [3.05, 3.63) is 65.7 Å². The minimum Gasteiger partial charge on any atom is -0.356 e. The lowest BCUT2D eigenvalue weighted by Crippen LogP contribution is -2.37. The summed E-state index contributed by atoms with van der Waals surface area (Å²) >= 11 is 1.69. The molecular weight excluding hydrogens is 500 g/mol. The van der Waals surface area contributed by atoms with Gasteiger partial charge < -0.3 is 15.2 Å². The van der Waals surface area contributed by atoms with Gasteiger partial charge in [-0.3, -0.25) is 4.99 Å². The number of hydrogen-bond acceptors (Lipinski definition) is 3. The standard InChI is InChI=1S/C21H26FN5S.HI/c1-23-21(25-13-16-8-9-18(22)12-17(16)14-28-2)24-10-5-11-27-15-26-19-6-3-4-7-20(19)27;/h3-4,6-9,12,15H,5,10-11,13-14H2,1-2H3,(H2,23,24,25);1H. The summed E-state index contributed by atoms with van der Waals surface area (Å²) in [5, 5.41) is 6.65. The monoisotopic (exact) mass is 527 g/mol. The maximum atomic E-state index is 13.5. The number of nitrogens with one attached hydrogen (secondary N) is 2. The fraction of sp³-hybridized carbons (Fsp3) is 0.333. The van der Waals surface area contributed by atoms with Gasteiger partial charge in [-0.2, -0.15) is 11.8 Å². The van der Waals surface area contributed by atoms with E-state index in [1.807, 2.05) is 36.8 Å². The molecule has 1 heterocycles. The first-order valence-corrected chi connectivity index (χ1v) is 10.7. The molecule has 2 aromatic carbocycles. The number of aliphatic imine (C=N–C) groups is 1.